The first-order valence-corrected chi connectivity index (χ1v) is 6.85. The van der Waals surface area contributed by atoms with Gasteiger partial charge in [0.2, 0.25) is 0 Å². The van der Waals surface area contributed by atoms with Crippen LogP contribution in [0.25, 0.3) is 0 Å². The quantitative estimate of drug-likeness (QED) is 0.885. The summed E-state index contributed by atoms with van der Waals surface area (Å²) >= 11 is 0. The number of hydrogen-bond acceptors (Lipinski definition) is 3. The van der Waals surface area contributed by atoms with E-state index in [0.717, 1.165) is 38.3 Å². The first-order chi connectivity index (χ1) is 8.76. The Hall–Kier alpha value is -1.06. The second-order valence-electron chi connectivity index (χ2n) is 4.94. The van der Waals surface area contributed by atoms with E-state index >= 15 is 0 Å². The van der Waals surface area contributed by atoms with E-state index in [1.807, 2.05) is 0 Å². The zero-order valence-corrected chi connectivity index (χ0v) is 11.7. The van der Waals surface area contributed by atoms with Crippen LogP contribution < -0.4 is 10.1 Å². The van der Waals surface area contributed by atoms with Crippen molar-refractivity contribution in [1.82, 2.24) is 10.2 Å². The number of aryl methyl sites for hydroxylation is 1. The van der Waals surface area contributed by atoms with Gasteiger partial charge in [-0.1, -0.05) is 19.1 Å². The van der Waals surface area contributed by atoms with Gasteiger partial charge in [-0.15, -0.1) is 0 Å². The molecule has 0 unspecified atom stereocenters. The summed E-state index contributed by atoms with van der Waals surface area (Å²) in [6.45, 7) is 8.88. The molecule has 3 heteroatoms. The van der Waals surface area contributed by atoms with Crippen LogP contribution in [0.4, 0.5) is 0 Å². The normalized spacial score (nSPS) is 18.6. The number of nitrogens with zero attached hydrogens (tertiary/aromatic N) is 1. The Bertz CT molecular complexity index is 386. The molecule has 2 rings (SSSR count). The molecule has 0 aromatic heterocycles. The van der Waals surface area contributed by atoms with E-state index in [0.29, 0.717) is 6.04 Å². The van der Waals surface area contributed by atoms with Gasteiger partial charge in [0.15, 0.2) is 0 Å². The van der Waals surface area contributed by atoms with Gasteiger partial charge in [-0.25, -0.2) is 0 Å². The van der Waals surface area contributed by atoms with Gasteiger partial charge in [-0.05, 0) is 30.5 Å². The molecule has 0 aliphatic carbocycles. The molecular weight excluding hydrogens is 224 g/mol. The SMILES string of the molecule is CC[C@H](c1ccc(OC)c(C)c1)N1CCNCC1. The van der Waals surface area contributed by atoms with Gasteiger partial charge in [0, 0.05) is 32.2 Å². The van der Waals surface area contributed by atoms with Crippen molar-refractivity contribution in [3.05, 3.63) is 29.3 Å². The summed E-state index contributed by atoms with van der Waals surface area (Å²) in [6.07, 6.45) is 1.16. The topological polar surface area (TPSA) is 24.5 Å². The standard InChI is InChI=1S/C15H24N2O/c1-4-14(17-9-7-16-8-10-17)13-5-6-15(18-3)12(2)11-13/h5-6,11,14,16H,4,7-10H2,1-3H3/t14-/m1/s1. The average Bonchev–Trinajstić information content (AvgIpc) is 2.41. The molecule has 0 spiro atoms. The van der Waals surface area contributed by atoms with Crippen molar-refractivity contribution < 1.29 is 4.74 Å². The van der Waals surface area contributed by atoms with E-state index in [2.05, 4.69) is 42.3 Å². The lowest BCUT2D eigenvalue weighted by Crippen LogP contribution is -2.45. The average molecular weight is 248 g/mol. The van der Waals surface area contributed by atoms with Crippen molar-refractivity contribution in [2.75, 3.05) is 33.3 Å². The Kier molecular flexibility index (Phi) is 4.61. The van der Waals surface area contributed by atoms with Crippen LogP contribution in [0.2, 0.25) is 0 Å². The third kappa shape index (κ3) is 2.85. The summed E-state index contributed by atoms with van der Waals surface area (Å²) in [5.74, 6) is 0.980. The Morgan fingerprint density at radius 1 is 1.33 bits per heavy atom. The van der Waals surface area contributed by atoms with Crippen LogP contribution in [-0.2, 0) is 0 Å². The molecule has 1 aliphatic heterocycles. The smallest absolute Gasteiger partial charge is 0.121 e. The number of piperazine rings is 1. The molecule has 0 bridgehead atoms. The Labute approximate surface area is 110 Å². The first-order valence-electron chi connectivity index (χ1n) is 6.85. The molecule has 1 N–H and O–H groups in total. The van der Waals surface area contributed by atoms with Gasteiger partial charge in [-0.3, -0.25) is 4.90 Å². The lowest BCUT2D eigenvalue weighted by molar-refractivity contribution is 0.169. The summed E-state index contributed by atoms with van der Waals surface area (Å²) in [4.78, 5) is 2.58. The van der Waals surface area contributed by atoms with E-state index in [-0.39, 0.29) is 0 Å². The number of methoxy groups -OCH3 is 1. The van der Waals surface area contributed by atoms with Crippen molar-refractivity contribution in [3.8, 4) is 5.75 Å². The van der Waals surface area contributed by atoms with Gasteiger partial charge in [-0.2, -0.15) is 0 Å². The van der Waals surface area contributed by atoms with Crippen LogP contribution in [0.1, 0.15) is 30.5 Å². The van der Waals surface area contributed by atoms with Crippen LogP contribution >= 0.6 is 0 Å². The van der Waals surface area contributed by atoms with E-state index in [1.54, 1.807) is 7.11 Å². The maximum Gasteiger partial charge on any atom is 0.121 e. The molecule has 18 heavy (non-hydrogen) atoms. The fourth-order valence-corrected chi connectivity index (χ4v) is 2.81. The van der Waals surface area contributed by atoms with Crippen LogP contribution in [0, 0.1) is 6.92 Å². The molecule has 100 valence electrons. The predicted molar refractivity (Wildman–Crippen MR) is 75.2 cm³/mol. The molecule has 1 aliphatic rings. The molecule has 0 saturated carbocycles. The molecule has 0 radical (unpaired) electrons. The molecule has 1 heterocycles. The van der Waals surface area contributed by atoms with Crippen molar-refractivity contribution in [3.63, 3.8) is 0 Å². The molecule has 1 saturated heterocycles. The lowest BCUT2D eigenvalue weighted by atomic mass is 9.99. The Morgan fingerprint density at radius 2 is 2.06 bits per heavy atom. The molecule has 1 fully saturated rings. The van der Waals surface area contributed by atoms with Gasteiger partial charge in [0.05, 0.1) is 7.11 Å². The van der Waals surface area contributed by atoms with Crippen LogP contribution in [0.5, 0.6) is 5.75 Å². The van der Waals surface area contributed by atoms with Crippen molar-refractivity contribution in [2.24, 2.45) is 0 Å². The maximum atomic E-state index is 5.34. The highest BCUT2D eigenvalue weighted by Gasteiger charge is 2.20. The van der Waals surface area contributed by atoms with Gasteiger partial charge < -0.3 is 10.1 Å². The summed E-state index contributed by atoms with van der Waals surface area (Å²) in [7, 11) is 1.73. The fourth-order valence-electron chi connectivity index (χ4n) is 2.81. The van der Waals surface area contributed by atoms with Gasteiger partial charge >= 0.3 is 0 Å². The van der Waals surface area contributed by atoms with Gasteiger partial charge in [0.1, 0.15) is 5.75 Å². The van der Waals surface area contributed by atoms with E-state index in [4.69, 9.17) is 4.74 Å². The second kappa shape index (κ2) is 6.21. The highest BCUT2D eigenvalue weighted by Crippen LogP contribution is 2.28. The molecule has 3 nitrogen and oxygen atoms in total. The summed E-state index contributed by atoms with van der Waals surface area (Å²) < 4.78 is 5.34. The summed E-state index contributed by atoms with van der Waals surface area (Å²) in [5, 5.41) is 3.41. The Morgan fingerprint density at radius 3 is 2.61 bits per heavy atom. The van der Waals surface area contributed by atoms with E-state index in [9.17, 15) is 0 Å². The van der Waals surface area contributed by atoms with Crippen LogP contribution in [0.3, 0.4) is 0 Å². The van der Waals surface area contributed by atoms with Crippen LogP contribution in [0.15, 0.2) is 18.2 Å². The minimum atomic E-state index is 0.539. The Balaban J connectivity index is 2.18. The molecule has 1 aromatic rings. The second-order valence-corrected chi connectivity index (χ2v) is 4.94. The molecule has 1 aromatic carbocycles. The highest BCUT2D eigenvalue weighted by molar-refractivity contribution is 5.37. The number of hydrogen-bond donors (Lipinski definition) is 1. The largest absolute Gasteiger partial charge is 0.496 e. The molecule has 1 atom stereocenters. The molecule has 0 amide bonds. The third-order valence-corrected chi connectivity index (χ3v) is 3.78. The number of benzene rings is 1. The number of nitrogens with one attached hydrogen (secondary N) is 1. The van der Waals surface area contributed by atoms with Crippen molar-refractivity contribution in [1.29, 1.82) is 0 Å². The number of ether oxygens (including phenoxy) is 1. The van der Waals surface area contributed by atoms with E-state index in [1.165, 1.54) is 11.1 Å². The lowest BCUT2D eigenvalue weighted by Gasteiger charge is -2.35. The van der Waals surface area contributed by atoms with Crippen LogP contribution in [-0.4, -0.2) is 38.2 Å². The monoisotopic (exact) mass is 248 g/mol. The van der Waals surface area contributed by atoms with Gasteiger partial charge in [0.25, 0.3) is 0 Å². The summed E-state index contributed by atoms with van der Waals surface area (Å²) in [6, 6.07) is 7.11. The van der Waals surface area contributed by atoms with Crippen molar-refractivity contribution >= 4 is 0 Å². The highest BCUT2D eigenvalue weighted by atomic mass is 16.5. The first kappa shape index (κ1) is 13.4. The zero-order chi connectivity index (χ0) is 13.0. The minimum Gasteiger partial charge on any atom is -0.496 e. The minimum absolute atomic E-state index is 0.539. The third-order valence-electron chi connectivity index (χ3n) is 3.78. The van der Waals surface area contributed by atoms with E-state index < -0.39 is 0 Å². The maximum absolute atomic E-state index is 5.34. The number of rotatable bonds is 4. The van der Waals surface area contributed by atoms with Crippen molar-refractivity contribution in [2.45, 2.75) is 26.3 Å². The zero-order valence-electron chi connectivity index (χ0n) is 11.7. The molecular formula is C15H24N2O. The predicted octanol–water partition coefficient (Wildman–Crippen LogP) is 2.36. The summed E-state index contributed by atoms with van der Waals surface area (Å²) in [5.41, 5.74) is 2.64. The fraction of sp³-hybridized carbons (Fsp3) is 0.600.